The molecule has 1 fully saturated rings. The molecule has 1 aliphatic rings. The summed E-state index contributed by atoms with van der Waals surface area (Å²) in [6, 6.07) is 4.67. The van der Waals surface area contributed by atoms with Gasteiger partial charge in [0.05, 0.1) is 6.04 Å². The summed E-state index contributed by atoms with van der Waals surface area (Å²) in [6.45, 7) is 11.9. The summed E-state index contributed by atoms with van der Waals surface area (Å²) >= 11 is 1.80. The Bertz CT molecular complexity index is 579. The van der Waals surface area contributed by atoms with E-state index >= 15 is 0 Å². The lowest BCUT2D eigenvalue weighted by Crippen LogP contribution is -2.44. The lowest BCUT2D eigenvalue weighted by Gasteiger charge is -2.27. The minimum atomic E-state index is -0.238. The van der Waals surface area contributed by atoms with Gasteiger partial charge in [-0.05, 0) is 65.1 Å². The molecule has 1 unspecified atom stereocenters. The minimum Gasteiger partial charge on any atom is -0.357 e. The van der Waals surface area contributed by atoms with Crippen molar-refractivity contribution in [1.82, 2.24) is 20.9 Å². The number of amides is 1. The maximum absolute atomic E-state index is 12.0. The van der Waals surface area contributed by atoms with Crippen LogP contribution < -0.4 is 16.0 Å². The number of aliphatic imine (C=N–C) groups is 1. The standard InChI is InChI=1S/C19H33N5OS.HI/c1-5-20-18(22-14-17(25)23-19(2,3)4)21-13-15(16-9-8-12-26-16)24-10-6-7-11-24;/h8-9,12,15H,5-7,10-11,13-14H2,1-4H3,(H,23,25)(H2,20,21,22);1H. The Morgan fingerprint density at radius 1 is 1.30 bits per heavy atom. The van der Waals surface area contributed by atoms with Gasteiger partial charge in [-0.15, -0.1) is 35.3 Å². The molecule has 2 heterocycles. The molecule has 3 N–H and O–H groups in total. The number of guanidine groups is 1. The first-order valence-corrected chi connectivity index (χ1v) is 10.4. The molecule has 1 amide bonds. The smallest absolute Gasteiger partial charge is 0.242 e. The van der Waals surface area contributed by atoms with Crippen LogP contribution >= 0.6 is 35.3 Å². The summed E-state index contributed by atoms with van der Waals surface area (Å²) in [5, 5.41) is 11.7. The highest BCUT2D eigenvalue weighted by atomic mass is 127. The Morgan fingerprint density at radius 3 is 2.56 bits per heavy atom. The van der Waals surface area contributed by atoms with E-state index in [0.29, 0.717) is 12.0 Å². The quantitative estimate of drug-likeness (QED) is 0.302. The minimum absolute atomic E-state index is 0. The Morgan fingerprint density at radius 2 is 2.00 bits per heavy atom. The highest BCUT2D eigenvalue weighted by Crippen LogP contribution is 2.27. The fourth-order valence-electron chi connectivity index (χ4n) is 3.09. The molecule has 154 valence electrons. The van der Waals surface area contributed by atoms with Crippen molar-refractivity contribution in [1.29, 1.82) is 0 Å². The molecular weight excluding hydrogens is 473 g/mol. The van der Waals surface area contributed by atoms with Gasteiger partial charge < -0.3 is 16.0 Å². The van der Waals surface area contributed by atoms with Crippen molar-refractivity contribution in [2.75, 3.05) is 32.7 Å². The van der Waals surface area contributed by atoms with Crippen molar-refractivity contribution in [3.8, 4) is 0 Å². The van der Waals surface area contributed by atoms with E-state index in [1.54, 1.807) is 11.3 Å². The second kappa shape index (κ2) is 11.9. The van der Waals surface area contributed by atoms with E-state index in [9.17, 15) is 4.79 Å². The molecule has 0 saturated carbocycles. The predicted octanol–water partition coefficient (Wildman–Crippen LogP) is 2.97. The number of rotatable bonds is 7. The van der Waals surface area contributed by atoms with Crippen LogP contribution in [0.1, 0.15) is 51.5 Å². The van der Waals surface area contributed by atoms with Crippen LogP contribution in [0.4, 0.5) is 0 Å². The third-order valence-electron chi connectivity index (χ3n) is 4.16. The molecule has 0 aliphatic carbocycles. The Hall–Kier alpha value is -0.870. The largest absolute Gasteiger partial charge is 0.357 e. The highest BCUT2D eigenvalue weighted by molar-refractivity contribution is 14.0. The number of hydrogen-bond donors (Lipinski definition) is 3. The van der Waals surface area contributed by atoms with Crippen LogP contribution in [0.15, 0.2) is 22.5 Å². The first-order valence-electron chi connectivity index (χ1n) is 9.49. The van der Waals surface area contributed by atoms with Crippen LogP contribution in [-0.4, -0.2) is 55.0 Å². The zero-order chi connectivity index (χ0) is 19.0. The molecule has 8 heteroatoms. The average Bonchev–Trinajstić information content (AvgIpc) is 3.25. The highest BCUT2D eigenvalue weighted by Gasteiger charge is 2.24. The Balaban J connectivity index is 0.00000364. The molecule has 1 saturated heterocycles. The molecule has 0 radical (unpaired) electrons. The molecule has 0 bridgehead atoms. The molecule has 2 rings (SSSR count). The topological polar surface area (TPSA) is 68.8 Å². The van der Waals surface area contributed by atoms with E-state index in [0.717, 1.165) is 26.2 Å². The number of likely N-dealkylation sites (tertiary alicyclic amines) is 1. The van der Waals surface area contributed by atoms with Crippen LogP contribution in [0, 0.1) is 0 Å². The van der Waals surface area contributed by atoms with Gasteiger partial charge in [0.25, 0.3) is 0 Å². The van der Waals surface area contributed by atoms with Gasteiger partial charge in [-0.1, -0.05) is 6.07 Å². The fraction of sp³-hybridized carbons (Fsp3) is 0.684. The summed E-state index contributed by atoms with van der Waals surface area (Å²) in [5.41, 5.74) is -0.238. The molecule has 1 aromatic heterocycles. The van der Waals surface area contributed by atoms with Crippen molar-refractivity contribution in [2.45, 2.75) is 52.1 Å². The Kier molecular flexibility index (Phi) is 10.6. The van der Waals surface area contributed by atoms with Crippen molar-refractivity contribution in [3.63, 3.8) is 0 Å². The first-order chi connectivity index (χ1) is 12.4. The molecule has 0 spiro atoms. The van der Waals surface area contributed by atoms with Gasteiger partial charge in [0.15, 0.2) is 5.96 Å². The first kappa shape index (κ1) is 24.2. The molecule has 6 nitrogen and oxygen atoms in total. The van der Waals surface area contributed by atoms with Crippen molar-refractivity contribution in [3.05, 3.63) is 22.4 Å². The van der Waals surface area contributed by atoms with Gasteiger partial charge in [0, 0.05) is 23.5 Å². The number of thiophene rings is 1. The SMILES string of the molecule is CCNC(=NCC(=O)NC(C)(C)C)NCC(c1cccs1)N1CCCC1.I. The van der Waals surface area contributed by atoms with Crippen LogP contribution in [0.25, 0.3) is 0 Å². The second-order valence-electron chi connectivity index (χ2n) is 7.65. The zero-order valence-electron chi connectivity index (χ0n) is 16.9. The fourth-order valence-corrected chi connectivity index (χ4v) is 3.95. The van der Waals surface area contributed by atoms with E-state index in [1.165, 1.54) is 17.7 Å². The van der Waals surface area contributed by atoms with Gasteiger partial charge in [-0.2, -0.15) is 0 Å². The van der Waals surface area contributed by atoms with Crippen LogP contribution in [0.5, 0.6) is 0 Å². The zero-order valence-corrected chi connectivity index (χ0v) is 20.0. The maximum Gasteiger partial charge on any atom is 0.242 e. The van der Waals surface area contributed by atoms with Gasteiger partial charge in [-0.25, -0.2) is 4.99 Å². The molecule has 1 atom stereocenters. The normalized spacial score (nSPS) is 16.5. The van der Waals surface area contributed by atoms with Gasteiger partial charge in [0.1, 0.15) is 6.54 Å². The van der Waals surface area contributed by atoms with Gasteiger partial charge in [0.2, 0.25) is 5.91 Å². The van der Waals surface area contributed by atoms with Crippen LogP contribution in [-0.2, 0) is 4.79 Å². The number of nitrogens with zero attached hydrogens (tertiary/aromatic N) is 2. The molecule has 0 aromatic carbocycles. The van der Waals surface area contributed by atoms with E-state index in [-0.39, 0.29) is 42.0 Å². The van der Waals surface area contributed by atoms with Crippen molar-refractivity contribution < 1.29 is 4.79 Å². The van der Waals surface area contributed by atoms with Gasteiger partial charge in [-0.3, -0.25) is 9.69 Å². The van der Waals surface area contributed by atoms with Gasteiger partial charge >= 0.3 is 0 Å². The number of carbonyl (C=O) groups excluding carboxylic acids is 1. The monoisotopic (exact) mass is 507 g/mol. The number of nitrogens with one attached hydrogen (secondary N) is 3. The van der Waals surface area contributed by atoms with E-state index in [2.05, 4.69) is 43.4 Å². The van der Waals surface area contributed by atoms with Crippen LogP contribution in [0.3, 0.4) is 0 Å². The summed E-state index contributed by atoms with van der Waals surface area (Å²) in [6.07, 6.45) is 2.53. The summed E-state index contributed by atoms with van der Waals surface area (Å²) < 4.78 is 0. The van der Waals surface area contributed by atoms with Crippen molar-refractivity contribution in [2.24, 2.45) is 4.99 Å². The van der Waals surface area contributed by atoms with E-state index < -0.39 is 0 Å². The molecular formula is C19H34IN5OS. The average molecular weight is 507 g/mol. The van der Waals surface area contributed by atoms with E-state index in [1.807, 2.05) is 27.7 Å². The van der Waals surface area contributed by atoms with Crippen LogP contribution in [0.2, 0.25) is 0 Å². The molecule has 1 aliphatic heterocycles. The second-order valence-corrected chi connectivity index (χ2v) is 8.63. The lowest BCUT2D eigenvalue weighted by atomic mass is 10.1. The number of halogens is 1. The lowest BCUT2D eigenvalue weighted by molar-refractivity contribution is -0.121. The number of hydrogen-bond acceptors (Lipinski definition) is 4. The number of carbonyl (C=O) groups is 1. The predicted molar refractivity (Wildman–Crippen MR) is 125 cm³/mol. The summed E-state index contributed by atoms with van der Waals surface area (Å²) in [7, 11) is 0. The summed E-state index contributed by atoms with van der Waals surface area (Å²) in [4.78, 5) is 20.4. The molecule has 27 heavy (non-hydrogen) atoms. The van der Waals surface area contributed by atoms with E-state index in [4.69, 9.17) is 0 Å². The third-order valence-corrected chi connectivity index (χ3v) is 5.13. The third kappa shape index (κ3) is 8.78. The molecule has 1 aromatic rings. The summed E-state index contributed by atoms with van der Waals surface area (Å²) in [5.74, 6) is 0.626. The maximum atomic E-state index is 12.0. The Labute approximate surface area is 184 Å². The van der Waals surface area contributed by atoms with Crippen molar-refractivity contribution >= 4 is 47.2 Å².